The summed E-state index contributed by atoms with van der Waals surface area (Å²) < 4.78 is 0. The van der Waals surface area contributed by atoms with Gasteiger partial charge >= 0.3 is 5.69 Å². The molecule has 100 valence electrons. The van der Waals surface area contributed by atoms with E-state index in [1.165, 1.54) is 23.5 Å². The molecule has 0 spiro atoms. The van der Waals surface area contributed by atoms with Gasteiger partial charge in [-0.1, -0.05) is 11.6 Å². The molecule has 2 aromatic heterocycles. The number of anilines is 1. The van der Waals surface area contributed by atoms with Crippen molar-refractivity contribution in [2.24, 2.45) is 0 Å². The van der Waals surface area contributed by atoms with Crippen LogP contribution in [0.5, 0.6) is 0 Å². The normalized spacial score (nSPS) is 12.1. The summed E-state index contributed by atoms with van der Waals surface area (Å²) >= 11 is 7.17. The molecule has 0 fully saturated rings. The third-order valence-electron chi connectivity index (χ3n) is 2.43. The van der Waals surface area contributed by atoms with Gasteiger partial charge in [0.2, 0.25) is 5.82 Å². The molecule has 0 saturated heterocycles. The number of nitrogens with zero attached hydrogens (tertiary/aromatic N) is 2. The Hall–Kier alpha value is -1.70. The minimum atomic E-state index is -0.758. The number of halogens is 1. The highest BCUT2D eigenvalue weighted by molar-refractivity contribution is 7.07. The van der Waals surface area contributed by atoms with Crippen LogP contribution in [0.4, 0.5) is 11.5 Å². The van der Waals surface area contributed by atoms with Crippen LogP contribution in [0.1, 0.15) is 11.7 Å². The topological polar surface area (TPSA) is 88.3 Å². The highest BCUT2D eigenvalue weighted by Crippen LogP contribution is 2.25. The van der Waals surface area contributed by atoms with Gasteiger partial charge in [-0.3, -0.25) is 10.1 Å². The van der Waals surface area contributed by atoms with Gasteiger partial charge in [0.05, 0.1) is 11.0 Å². The Morgan fingerprint density at radius 3 is 2.95 bits per heavy atom. The summed E-state index contributed by atoms with van der Waals surface area (Å²) in [7, 11) is 0. The smallest absolute Gasteiger partial charge is 0.311 e. The Balaban J connectivity index is 2.10. The Bertz CT molecular complexity index is 577. The molecule has 0 radical (unpaired) electrons. The molecule has 6 nitrogen and oxygen atoms in total. The molecule has 0 aliphatic heterocycles. The number of rotatable bonds is 5. The van der Waals surface area contributed by atoms with Crippen LogP contribution in [0, 0.1) is 10.1 Å². The fourth-order valence-electron chi connectivity index (χ4n) is 1.48. The lowest BCUT2D eigenvalue weighted by molar-refractivity contribution is -0.384. The van der Waals surface area contributed by atoms with Crippen LogP contribution in [0.15, 0.2) is 29.0 Å². The first-order valence-corrected chi connectivity index (χ1v) is 6.65. The second-order valence-electron chi connectivity index (χ2n) is 3.71. The first-order valence-electron chi connectivity index (χ1n) is 5.33. The van der Waals surface area contributed by atoms with Crippen molar-refractivity contribution in [1.29, 1.82) is 0 Å². The van der Waals surface area contributed by atoms with Crippen LogP contribution in [-0.2, 0) is 0 Å². The highest BCUT2D eigenvalue weighted by Gasteiger charge is 2.17. The molecule has 0 aromatic carbocycles. The molecule has 0 amide bonds. The fourth-order valence-corrected chi connectivity index (χ4v) is 2.34. The summed E-state index contributed by atoms with van der Waals surface area (Å²) in [6, 6.07) is 4.41. The number of hydrogen-bond acceptors (Lipinski definition) is 6. The van der Waals surface area contributed by atoms with Crippen molar-refractivity contribution in [3.05, 3.63) is 49.8 Å². The summed E-state index contributed by atoms with van der Waals surface area (Å²) in [5, 5.41) is 27.3. The van der Waals surface area contributed by atoms with Gasteiger partial charge in [-0.05, 0) is 28.5 Å². The minimum Gasteiger partial charge on any atom is -0.387 e. The van der Waals surface area contributed by atoms with Crippen LogP contribution in [0.2, 0.25) is 5.15 Å². The predicted octanol–water partition coefficient (Wildman–Crippen LogP) is 2.85. The molecule has 1 unspecified atom stereocenters. The molecule has 0 aliphatic carbocycles. The Kier molecular flexibility index (Phi) is 4.31. The zero-order valence-electron chi connectivity index (χ0n) is 9.62. The maximum absolute atomic E-state index is 10.8. The molecule has 0 bridgehead atoms. The van der Waals surface area contributed by atoms with Crippen molar-refractivity contribution in [1.82, 2.24) is 4.98 Å². The van der Waals surface area contributed by atoms with Crippen molar-refractivity contribution >= 4 is 34.4 Å². The Morgan fingerprint density at radius 2 is 2.32 bits per heavy atom. The molecule has 0 saturated carbocycles. The average Bonchev–Trinajstić information content (AvgIpc) is 2.89. The third kappa shape index (κ3) is 3.40. The van der Waals surface area contributed by atoms with Crippen molar-refractivity contribution in [2.75, 3.05) is 11.9 Å². The third-order valence-corrected chi connectivity index (χ3v) is 3.34. The summed E-state index contributed by atoms with van der Waals surface area (Å²) in [4.78, 5) is 14.1. The molecule has 2 N–H and O–H groups in total. The van der Waals surface area contributed by atoms with E-state index in [9.17, 15) is 15.2 Å². The highest BCUT2D eigenvalue weighted by atomic mass is 35.5. The van der Waals surface area contributed by atoms with E-state index >= 15 is 0 Å². The lowest BCUT2D eigenvalue weighted by atomic mass is 10.2. The lowest BCUT2D eigenvalue weighted by Crippen LogP contribution is -2.13. The van der Waals surface area contributed by atoms with Crippen molar-refractivity contribution < 1.29 is 10.0 Å². The summed E-state index contributed by atoms with van der Waals surface area (Å²) in [5.41, 5.74) is 0.573. The van der Waals surface area contributed by atoms with Crippen LogP contribution in [0.3, 0.4) is 0 Å². The van der Waals surface area contributed by atoms with Gasteiger partial charge < -0.3 is 10.4 Å². The first-order chi connectivity index (χ1) is 9.08. The van der Waals surface area contributed by atoms with Crippen molar-refractivity contribution in [3.63, 3.8) is 0 Å². The zero-order valence-corrected chi connectivity index (χ0v) is 11.2. The summed E-state index contributed by atoms with van der Waals surface area (Å²) in [6.07, 6.45) is -0.758. The zero-order chi connectivity index (χ0) is 13.8. The molecule has 2 heterocycles. The maximum Gasteiger partial charge on any atom is 0.311 e. The molecule has 8 heteroatoms. The lowest BCUT2D eigenvalue weighted by Gasteiger charge is -2.11. The number of nitro groups is 1. The van der Waals surface area contributed by atoms with E-state index in [2.05, 4.69) is 10.3 Å². The van der Waals surface area contributed by atoms with E-state index in [1.54, 1.807) is 6.07 Å². The van der Waals surface area contributed by atoms with Gasteiger partial charge in [0.25, 0.3) is 0 Å². The first kappa shape index (κ1) is 13.7. The van der Waals surface area contributed by atoms with Crippen molar-refractivity contribution in [2.45, 2.75) is 6.10 Å². The number of pyridine rings is 1. The second-order valence-corrected chi connectivity index (χ2v) is 4.88. The Labute approximate surface area is 117 Å². The summed E-state index contributed by atoms with van der Waals surface area (Å²) in [6.45, 7) is 0.116. The molecular formula is C11H10ClN3O3S. The summed E-state index contributed by atoms with van der Waals surface area (Å²) in [5.74, 6) is 0.0479. The standard InChI is InChI=1S/C11H10ClN3O3S/c12-10-2-1-8(15(17)18)11(14-10)13-5-9(16)7-3-4-19-6-7/h1-4,6,9,16H,5H2,(H,13,14). The van der Waals surface area contributed by atoms with Crippen molar-refractivity contribution in [3.8, 4) is 0 Å². The molecule has 19 heavy (non-hydrogen) atoms. The van der Waals surface area contributed by atoms with E-state index in [-0.39, 0.29) is 23.2 Å². The number of aromatic nitrogens is 1. The molecule has 1 atom stereocenters. The van der Waals surface area contributed by atoms with Crippen LogP contribution in [-0.4, -0.2) is 21.6 Å². The van der Waals surface area contributed by atoms with E-state index in [0.29, 0.717) is 0 Å². The minimum absolute atomic E-state index is 0.0479. The van der Waals surface area contributed by atoms with E-state index in [1.807, 2.05) is 10.8 Å². The van der Waals surface area contributed by atoms with Gasteiger partial charge in [0, 0.05) is 12.6 Å². The maximum atomic E-state index is 10.8. The van der Waals surface area contributed by atoms with E-state index in [4.69, 9.17) is 11.6 Å². The number of thiophene rings is 1. The van der Waals surface area contributed by atoms with Gasteiger partial charge in [-0.2, -0.15) is 11.3 Å². The molecule has 0 aliphatic rings. The largest absolute Gasteiger partial charge is 0.387 e. The monoisotopic (exact) mass is 299 g/mol. The van der Waals surface area contributed by atoms with Gasteiger partial charge in [0.1, 0.15) is 5.15 Å². The molecular weight excluding hydrogens is 290 g/mol. The SMILES string of the molecule is O=[N+]([O-])c1ccc(Cl)nc1NCC(O)c1ccsc1. The van der Waals surface area contributed by atoms with E-state index in [0.717, 1.165) is 5.56 Å². The van der Waals surface area contributed by atoms with Gasteiger partial charge in [-0.25, -0.2) is 4.98 Å². The number of aliphatic hydroxyl groups is 1. The van der Waals surface area contributed by atoms with Gasteiger partial charge in [0.15, 0.2) is 0 Å². The predicted molar refractivity (Wildman–Crippen MR) is 73.7 cm³/mol. The quantitative estimate of drug-likeness (QED) is 0.503. The Morgan fingerprint density at radius 1 is 1.53 bits per heavy atom. The number of aliphatic hydroxyl groups excluding tert-OH is 1. The molecule has 2 rings (SSSR count). The fraction of sp³-hybridized carbons (Fsp3) is 0.182. The number of hydrogen-bond donors (Lipinski definition) is 2. The molecule has 2 aromatic rings. The van der Waals surface area contributed by atoms with E-state index < -0.39 is 11.0 Å². The van der Waals surface area contributed by atoms with Gasteiger partial charge in [-0.15, -0.1) is 0 Å². The second kappa shape index (κ2) is 5.96. The van der Waals surface area contributed by atoms with Crippen LogP contribution < -0.4 is 5.32 Å². The van der Waals surface area contributed by atoms with Crippen LogP contribution in [0.25, 0.3) is 0 Å². The van der Waals surface area contributed by atoms with Crippen LogP contribution >= 0.6 is 22.9 Å². The average molecular weight is 300 g/mol. The number of nitrogens with one attached hydrogen (secondary N) is 1.